The van der Waals surface area contributed by atoms with Crippen LogP contribution in [0, 0.1) is 0 Å². The molecule has 1 aromatic heterocycles. The van der Waals surface area contributed by atoms with E-state index < -0.39 is 10.0 Å². The van der Waals surface area contributed by atoms with Crippen LogP contribution in [0.2, 0.25) is 0 Å². The van der Waals surface area contributed by atoms with Crippen molar-refractivity contribution >= 4 is 26.7 Å². The molecule has 3 aromatic rings. The molecule has 2 aliphatic heterocycles. The molecule has 0 amide bonds. The summed E-state index contributed by atoms with van der Waals surface area (Å²) >= 11 is 0. The van der Waals surface area contributed by atoms with Crippen molar-refractivity contribution < 1.29 is 8.42 Å². The number of nitrogens with zero attached hydrogens (tertiary/aromatic N) is 3. The molecule has 0 N–H and O–H groups in total. The van der Waals surface area contributed by atoms with Gasteiger partial charge >= 0.3 is 0 Å². The average Bonchev–Trinajstić information content (AvgIpc) is 3.18. The lowest BCUT2D eigenvalue weighted by Gasteiger charge is -2.44. The number of piperidine rings is 1. The van der Waals surface area contributed by atoms with Gasteiger partial charge in [0.15, 0.2) is 0 Å². The number of hydrogen-bond acceptors (Lipinski definition) is 4. The van der Waals surface area contributed by atoms with Crippen LogP contribution in [0.3, 0.4) is 0 Å². The molecular weight excluding hydrogens is 382 g/mol. The molecule has 0 bridgehead atoms. The van der Waals surface area contributed by atoms with E-state index in [1.54, 1.807) is 28.6 Å². The number of fused-ring (bicyclic) bond motifs is 1. The van der Waals surface area contributed by atoms with Crippen molar-refractivity contribution in [1.29, 1.82) is 0 Å². The van der Waals surface area contributed by atoms with E-state index in [0.29, 0.717) is 11.4 Å². The van der Waals surface area contributed by atoms with Crippen LogP contribution < -0.4 is 4.90 Å². The molecule has 5 nitrogen and oxygen atoms in total. The molecule has 2 fully saturated rings. The predicted octanol–water partition coefficient (Wildman–Crippen LogP) is 4.06. The third kappa shape index (κ3) is 3.20. The molecule has 2 aliphatic rings. The van der Waals surface area contributed by atoms with Crippen LogP contribution in [0.4, 0.5) is 5.82 Å². The van der Waals surface area contributed by atoms with Crippen LogP contribution in [0.25, 0.3) is 10.9 Å². The summed E-state index contributed by atoms with van der Waals surface area (Å²) in [7, 11) is -3.46. The number of sulfonamides is 1. The number of benzene rings is 2. The molecule has 0 aliphatic carbocycles. The molecule has 5 rings (SSSR count). The monoisotopic (exact) mass is 407 g/mol. The van der Waals surface area contributed by atoms with Gasteiger partial charge in [-0.3, -0.25) is 0 Å². The van der Waals surface area contributed by atoms with Crippen molar-refractivity contribution in [1.82, 2.24) is 9.29 Å². The van der Waals surface area contributed by atoms with E-state index in [-0.39, 0.29) is 5.54 Å². The predicted molar refractivity (Wildman–Crippen MR) is 115 cm³/mol. The van der Waals surface area contributed by atoms with Gasteiger partial charge in [0.1, 0.15) is 5.82 Å². The molecule has 0 unspecified atom stereocenters. The second-order valence-corrected chi connectivity index (χ2v) is 9.93. The fraction of sp³-hybridized carbons (Fsp3) is 0.348. The minimum absolute atomic E-state index is 0.262. The minimum Gasteiger partial charge on any atom is -0.356 e. The number of rotatable bonds is 3. The first-order valence-electron chi connectivity index (χ1n) is 10.3. The minimum atomic E-state index is -3.46. The van der Waals surface area contributed by atoms with E-state index in [2.05, 4.69) is 23.1 Å². The lowest BCUT2D eigenvalue weighted by atomic mass is 9.86. The lowest BCUT2D eigenvalue weighted by molar-refractivity contribution is 0.192. The maximum absolute atomic E-state index is 13.3. The van der Waals surface area contributed by atoms with Gasteiger partial charge in [-0.1, -0.05) is 36.4 Å². The highest BCUT2D eigenvalue weighted by atomic mass is 32.2. The Hall–Kier alpha value is -2.44. The zero-order chi connectivity index (χ0) is 19.9. The van der Waals surface area contributed by atoms with Gasteiger partial charge in [0.05, 0.1) is 10.4 Å². The zero-order valence-electron chi connectivity index (χ0n) is 16.4. The van der Waals surface area contributed by atoms with Crippen molar-refractivity contribution in [3.63, 3.8) is 0 Å². The largest absolute Gasteiger partial charge is 0.356 e. The Labute approximate surface area is 172 Å². The molecule has 2 saturated heterocycles. The highest BCUT2D eigenvalue weighted by Crippen LogP contribution is 2.42. The fourth-order valence-electron chi connectivity index (χ4n) is 4.89. The van der Waals surface area contributed by atoms with Crippen molar-refractivity contribution in [2.75, 3.05) is 24.5 Å². The molecule has 1 spiro atoms. The average molecular weight is 408 g/mol. The third-order valence-electron chi connectivity index (χ3n) is 6.47. The molecular formula is C23H25N3O2S. The molecule has 0 atom stereocenters. The number of para-hydroxylation sites is 1. The quantitative estimate of drug-likeness (QED) is 0.657. The Morgan fingerprint density at radius 3 is 2.31 bits per heavy atom. The number of pyridine rings is 1. The summed E-state index contributed by atoms with van der Waals surface area (Å²) in [6.07, 6.45) is 3.56. The maximum Gasteiger partial charge on any atom is 0.243 e. The first-order valence-corrected chi connectivity index (χ1v) is 11.7. The van der Waals surface area contributed by atoms with Gasteiger partial charge < -0.3 is 4.90 Å². The summed E-state index contributed by atoms with van der Waals surface area (Å²) in [5.41, 5.74) is 0.738. The molecule has 150 valence electrons. The fourth-order valence-corrected chi connectivity index (χ4v) is 6.80. The standard InChI is InChI=1S/C23H25N3O2S/c27-29(28,20-8-2-1-3-9-20)26-16-6-13-23(26)14-17-25(18-15-23)22-12-11-19-7-4-5-10-21(19)24-22/h1-5,7-12H,6,13-18H2. The summed E-state index contributed by atoms with van der Waals surface area (Å²) < 4.78 is 28.4. The van der Waals surface area contributed by atoms with Crippen molar-refractivity contribution in [3.8, 4) is 0 Å². The van der Waals surface area contributed by atoms with Gasteiger partial charge in [-0.15, -0.1) is 0 Å². The molecule has 0 saturated carbocycles. The second kappa shape index (κ2) is 7.11. The highest BCUT2D eigenvalue weighted by Gasteiger charge is 2.49. The zero-order valence-corrected chi connectivity index (χ0v) is 17.2. The normalized spacial score (nSPS) is 19.8. The van der Waals surface area contributed by atoms with E-state index in [1.165, 1.54) is 0 Å². The maximum atomic E-state index is 13.3. The van der Waals surface area contributed by atoms with Crippen LogP contribution in [0.15, 0.2) is 71.6 Å². The van der Waals surface area contributed by atoms with E-state index >= 15 is 0 Å². The SMILES string of the molecule is O=S(=O)(c1ccccc1)N1CCCC12CCN(c1ccc3ccccc3n1)CC2. The van der Waals surface area contributed by atoms with Crippen LogP contribution >= 0.6 is 0 Å². The summed E-state index contributed by atoms with van der Waals surface area (Å²) in [4.78, 5) is 7.52. The number of anilines is 1. The number of hydrogen-bond donors (Lipinski definition) is 0. The summed E-state index contributed by atoms with van der Waals surface area (Å²) in [6.45, 7) is 2.27. The first-order chi connectivity index (χ1) is 14.1. The van der Waals surface area contributed by atoms with Gasteiger partial charge in [0.2, 0.25) is 10.0 Å². The van der Waals surface area contributed by atoms with Crippen molar-refractivity contribution in [3.05, 3.63) is 66.7 Å². The Morgan fingerprint density at radius 2 is 1.52 bits per heavy atom. The van der Waals surface area contributed by atoms with Crippen LogP contribution in [0.5, 0.6) is 0 Å². The molecule has 2 aromatic carbocycles. The Bertz CT molecular complexity index is 1120. The lowest BCUT2D eigenvalue weighted by Crippen LogP contribution is -2.54. The van der Waals surface area contributed by atoms with Gasteiger partial charge in [-0.05, 0) is 56.0 Å². The van der Waals surface area contributed by atoms with Crippen LogP contribution in [-0.4, -0.2) is 42.9 Å². The molecule has 0 radical (unpaired) electrons. The van der Waals surface area contributed by atoms with Crippen molar-refractivity contribution in [2.45, 2.75) is 36.1 Å². The van der Waals surface area contributed by atoms with E-state index in [0.717, 1.165) is 55.5 Å². The summed E-state index contributed by atoms with van der Waals surface area (Å²) in [5.74, 6) is 0.981. The van der Waals surface area contributed by atoms with Crippen molar-refractivity contribution in [2.24, 2.45) is 0 Å². The van der Waals surface area contributed by atoms with Gasteiger partial charge in [-0.2, -0.15) is 4.31 Å². The van der Waals surface area contributed by atoms with E-state index in [9.17, 15) is 8.42 Å². The van der Waals surface area contributed by atoms with Gasteiger partial charge in [0, 0.05) is 30.6 Å². The Morgan fingerprint density at radius 1 is 0.793 bits per heavy atom. The van der Waals surface area contributed by atoms with Crippen LogP contribution in [-0.2, 0) is 10.0 Å². The molecule has 6 heteroatoms. The van der Waals surface area contributed by atoms with Gasteiger partial charge in [-0.25, -0.2) is 13.4 Å². The van der Waals surface area contributed by atoms with Gasteiger partial charge in [0.25, 0.3) is 0 Å². The first kappa shape index (κ1) is 18.6. The second-order valence-electron chi connectivity index (χ2n) is 8.07. The topological polar surface area (TPSA) is 53.5 Å². The molecule has 3 heterocycles. The van der Waals surface area contributed by atoms with Crippen LogP contribution in [0.1, 0.15) is 25.7 Å². The smallest absolute Gasteiger partial charge is 0.243 e. The highest BCUT2D eigenvalue weighted by molar-refractivity contribution is 7.89. The third-order valence-corrected chi connectivity index (χ3v) is 8.48. The van der Waals surface area contributed by atoms with E-state index in [1.807, 2.05) is 24.3 Å². The summed E-state index contributed by atoms with van der Waals surface area (Å²) in [5, 5.41) is 1.14. The Balaban J connectivity index is 1.38. The molecule has 29 heavy (non-hydrogen) atoms. The Kier molecular flexibility index (Phi) is 4.56. The van der Waals surface area contributed by atoms with E-state index in [4.69, 9.17) is 4.98 Å². The summed E-state index contributed by atoms with van der Waals surface area (Å²) in [6, 6.07) is 21.2. The number of aromatic nitrogens is 1.